The summed E-state index contributed by atoms with van der Waals surface area (Å²) >= 11 is 6.37. The van der Waals surface area contributed by atoms with E-state index in [4.69, 9.17) is 16.3 Å². The van der Waals surface area contributed by atoms with E-state index in [1.807, 2.05) is 18.2 Å². The van der Waals surface area contributed by atoms with Gasteiger partial charge in [0.1, 0.15) is 0 Å². The van der Waals surface area contributed by atoms with E-state index in [2.05, 4.69) is 22.4 Å². The molecule has 1 aromatic heterocycles. The third-order valence-corrected chi connectivity index (χ3v) is 3.84. The van der Waals surface area contributed by atoms with Crippen molar-refractivity contribution in [1.29, 1.82) is 0 Å². The zero-order valence-corrected chi connectivity index (χ0v) is 12.2. The summed E-state index contributed by atoms with van der Waals surface area (Å²) in [4.78, 5) is 4.11. The van der Waals surface area contributed by atoms with Gasteiger partial charge in [0, 0.05) is 29.9 Å². The summed E-state index contributed by atoms with van der Waals surface area (Å²) in [5.74, 6) is 0.609. The lowest BCUT2D eigenvalue weighted by molar-refractivity contribution is 0.398. The Morgan fingerprint density at radius 3 is 2.75 bits per heavy atom. The summed E-state index contributed by atoms with van der Waals surface area (Å²) in [7, 11) is 1.62. The van der Waals surface area contributed by atoms with Gasteiger partial charge in [-0.2, -0.15) is 0 Å². The summed E-state index contributed by atoms with van der Waals surface area (Å²) in [5.41, 5.74) is 3.27. The van der Waals surface area contributed by atoms with Gasteiger partial charge in [-0.15, -0.1) is 0 Å². The topological polar surface area (TPSA) is 34.1 Å². The molecule has 1 aliphatic rings. The van der Waals surface area contributed by atoms with Gasteiger partial charge < -0.3 is 10.1 Å². The molecular weight excluding hydrogens is 272 g/mol. The summed E-state index contributed by atoms with van der Waals surface area (Å²) in [6.07, 6.45) is 4.31. The Kier molecular flexibility index (Phi) is 3.90. The lowest BCUT2D eigenvalue weighted by atomic mass is 10.0. The molecule has 0 spiro atoms. The molecule has 0 amide bonds. The largest absolute Gasteiger partial charge is 0.481 e. The van der Waals surface area contributed by atoms with E-state index >= 15 is 0 Å². The molecule has 1 aliphatic carbocycles. The van der Waals surface area contributed by atoms with Crippen LogP contribution in [0.15, 0.2) is 36.5 Å². The molecule has 3 nitrogen and oxygen atoms in total. The highest BCUT2D eigenvalue weighted by Gasteiger charge is 2.20. The number of hydrogen-bond acceptors (Lipinski definition) is 3. The van der Waals surface area contributed by atoms with Crippen LogP contribution in [-0.4, -0.2) is 18.1 Å². The Balaban J connectivity index is 1.80. The van der Waals surface area contributed by atoms with Gasteiger partial charge in [0.05, 0.1) is 7.11 Å². The van der Waals surface area contributed by atoms with Crippen LogP contribution in [0.4, 0.5) is 0 Å². The number of hydrogen-bond donors (Lipinski definition) is 1. The fourth-order valence-electron chi connectivity index (χ4n) is 2.11. The van der Waals surface area contributed by atoms with Crippen LogP contribution in [-0.2, 0) is 6.54 Å². The van der Waals surface area contributed by atoms with E-state index in [1.54, 1.807) is 13.3 Å². The maximum Gasteiger partial charge on any atom is 0.213 e. The predicted molar refractivity (Wildman–Crippen MR) is 81.1 cm³/mol. The van der Waals surface area contributed by atoms with Crippen molar-refractivity contribution in [2.75, 3.05) is 7.11 Å². The molecule has 0 bridgehead atoms. The van der Waals surface area contributed by atoms with Gasteiger partial charge in [-0.05, 0) is 41.7 Å². The molecule has 1 N–H and O–H groups in total. The van der Waals surface area contributed by atoms with Crippen molar-refractivity contribution in [3.8, 4) is 17.0 Å². The number of ether oxygens (including phenoxy) is 1. The second kappa shape index (κ2) is 5.81. The van der Waals surface area contributed by atoms with Crippen LogP contribution in [0.1, 0.15) is 18.4 Å². The van der Waals surface area contributed by atoms with Gasteiger partial charge in [0.25, 0.3) is 0 Å². The minimum atomic E-state index is 0.609. The van der Waals surface area contributed by atoms with Crippen molar-refractivity contribution in [3.63, 3.8) is 0 Å². The van der Waals surface area contributed by atoms with Crippen molar-refractivity contribution < 1.29 is 4.74 Å². The molecule has 1 fully saturated rings. The molecule has 0 unspecified atom stereocenters. The molecule has 1 heterocycles. The van der Waals surface area contributed by atoms with Crippen molar-refractivity contribution in [1.82, 2.24) is 10.3 Å². The normalized spacial score (nSPS) is 14.3. The second-order valence-corrected chi connectivity index (χ2v) is 5.46. The maximum absolute atomic E-state index is 6.37. The fourth-order valence-corrected chi connectivity index (χ4v) is 2.36. The van der Waals surface area contributed by atoms with Gasteiger partial charge in [0.2, 0.25) is 5.88 Å². The summed E-state index contributed by atoms with van der Waals surface area (Å²) < 4.78 is 5.15. The van der Waals surface area contributed by atoms with Crippen LogP contribution in [0.2, 0.25) is 5.02 Å². The van der Waals surface area contributed by atoms with Crippen LogP contribution in [0.3, 0.4) is 0 Å². The highest BCUT2D eigenvalue weighted by molar-refractivity contribution is 6.31. The second-order valence-electron chi connectivity index (χ2n) is 5.05. The van der Waals surface area contributed by atoms with Crippen molar-refractivity contribution in [3.05, 3.63) is 47.1 Å². The Labute approximate surface area is 123 Å². The summed E-state index contributed by atoms with van der Waals surface area (Å²) in [6, 6.07) is 10.7. The molecule has 3 rings (SSSR count). The van der Waals surface area contributed by atoms with Crippen LogP contribution in [0, 0.1) is 0 Å². The molecule has 1 aromatic carbocycles. The monoisotopic (exact) mass is 288 g/mol. The van der Waals surface area contributed by atoms with Crippen LogP contribution in [0.25, 0.3) is 11.1 Å². The van der Waals surface area contributed by atoms with Gasteiger partial charge >= 0.3 is 0 Å². The van der Waals surface area contributed by atoms with Gasteiger partial charge in [-0.3, -0.25) is 0 Å². The highest BCUT2D eigenvalue weighted by Crippen LogP contribution is 2.28. The number of methoxy groups -OCH3 is 1. The quantitative estimate of drug-likeness (QED) is 0.912. The average molecular weight is 289 g/mol. The number of nitrogens with zero attached hydrogens (tertiary/aromatic N) is 1. The number of aromatic nitrogens is 1. The predicted octanol–water partition coefficient (Wildman–Crippen LogP) is 3.66. The Morgan fingerprint density at radius 2 is 2.05 bits per heavy atom. The molecule has 1 saturated carbocycles. The first-order chi connectivity index (χ1) is 9.76. The molecule has 0 radical (unpaired) electrons. The molecule has 20 heavy (non-hydrogen) atoms. The van der Waals surface area contributed by atoms with E-state index in [0.29, 0.717) is 11.9 Å². The SMILES string of the molecule is COc1cc(-c2ccc(CNC3CC3)c(Cl)c2)ccn1. The zero-order chi connectivity index (χ0) is 13.9. The van der Waals surface area contributed by atoms with Crippen molar-refractivity contribution >= 4 is 11.6 Å². The third kappa shape index (κ3) is 3.11. The number of rotatable bonds is 5. The van der Waals surface area contributed by atoms with Crippen LogP contribution < -0.4 is 10.1 Å². The zero-order valence-electron chi connectivity index (χ0n) is 11.4. The van der Waals surface area contributed by atoms with Gasteiger partial charge in [0.15, 0.2) is 0 Å². The summed E-state index contributed by atoms with van der Waals surface area (Å²) in [5, 5.41) is 4.27. The van der Waals surface area contributed by atoms with Gasteiger partial charge in [-0.1, -0.05) is 23.7 Å². The van der Waals surface area contributed by atoms with E-state index in [0.717, 1.165) is 28.3 Å². The molecule has 104 valence electrons. The third-order valence-electron chi connectivity index (χ3n) is 3.49. The Bertz CT molecular complexity index is 611. The van der Waals surface area contributed by atoms with E-state index in [-0.39, 0.29) is 0 Å². The Hall–Kier alpha value is -1.58. The smallest absolute Gasteiger partial charge is 0.213 e. The number of benzene rings is 1. The van der Waals surface area contributed by atoms with E-state index < -0.39 is 0 Å². The first kappa shape index (κ1) is 13.4. The van der Waals surface area contributed by atoms with E-state index in [1.165, 1.54) is 12.8 Å². The molecule has 0 atom stereocenters. The van der Waals surface area contributed by atoms with Crippen molar-refractivity contribution in [2.24, 2.45) is 0 Å². The standard InChI is InChI=1S/C16H17ClN2O/c1-20-16-9-12(6-7-18-16)11-2-3-13(15(17)8-11)10-19-14-4-5-14/h2-3,6-9,14,19H,4-5,10H2,1H3. The minimum Gasteiger partial charge on any atom is -0.481 e. The molecule has 0 aliphatic heterocycles. The fraction of sp³-hybridized carbons (Fsp3) is 0.312. The van der Waals surface area contributed by atoms with Crippen molar-refractivity contribution in [2.45, 2.75) is 25.4 Å². The van der Waals surface area contributed by atoms with Gasteiger partial charge in [-0.25, -0.2) is 4.98 Å². The van der Waals surface area contributed by atoms with Crippen LogP contribution >= 0.6 is 11.6 Å². The number of nitrogens with one attached hydrogen (secondary N) is 1. The lowest BCUT2D eigenvalue weighted by Gasteiger charge is -2.09. The first-order valence-corrected chi connectivity index (χ1v) is 7.16. The first-order valence-electron chi connectivity index (χ1n) is 6.78. The van der Waals surface area contributed by atoms with E-state index in [9.17, 15) is 0 Å². The molecule has 2 aromatic rings. The maximum atomic E-state index is 6.37. The minimum absolute atomic E-state index is 0.609. The lowest BCUT2D eigenvalue weighted by Crippen LogP contribution is -2.15. The summed E-state index contributed by atoms with van der Waals surface area (Å²) in [6.45, 7) is 0.837. The molecule has 0 saturated heterocycles. The molecule has 4 heteroatoms. The number of halogens is 1. The van der Waals surface area contributed by atoms with Crippen LogP contribution in [0.5, 0.6) is 5.88 Å². The Morgan fingerprint density at radius 1 is 1.25 bits per heavy atom. The average Bonchev–Trinajstić information content (AvgIpc) is 3.30. The molecular formula is C16H17ClN2O. The number of pyridine rings is 1. The highest BCUT2D eigenvalue weighted by atomic mass is 35.5.